The van der Waals surface area contributed by atoms with Crippen molar-refractivity contribution in [1.82, 2.24) is 25.4 Å². The van der Waals surface area contributed by atoms with Crippen molar-refractivity contribution in [3.8, 4) is 34.0 Å². The van der Waals surface area contributed by atoms with E-state index in [1.807, 2.05) is 36.4 Å². The van der Waals surface area contributed by atoms with Crippen LogP contribution in [-0.4, -0.2) is 49.1 Å². The fourth-order valence-corrected chi connectivity index (χ4v) is 4.99. The van der Waals surface area contributed by atoms with Crippen LogP contribution < -0.4 is 0 Å². The van der Waals surface area contributed by atoms with E-state index in [1.165, 1.54) is 11.8 Å². The average molecular weight is 554 g/mol. The van der Waals surface area contributed by atoms with Crippen LogP contribution in [0.4, 0.5) is 0 Å². The van der Waals surface area contributed by atoms with E-state index in [1.54, 1.807) is 37.6 Å². The van der Waals surface area contributed by atoms with Crippen LogP contribution in [0.25, 0.3) is 34.0 Å². The monoisotopic (exact) mass is 553 g/mol. The molecule has 2 aromatic carbocycles. The van der Waals surface area contributed by atoms with Crippen LogP contribution in [0.15, 0.2) is 86.1 Å². The molecule has 3 aromatic heterocycles. The number of nitrogens with zero attached hydrogens (tertiary/aromatic N) is 5. The number of halogens is 1. The average Bonchev–Trinajstić information content (AvgIpc) is 3.60. The third kappa shape index (κ3) is 6.31. The van der Waals surface area contributed by atoms with Gasteiger partial charge in [-0.2, -0.15) is 0 Å². The summed E-state index contributed by atoms with van der Waals surface area (Å²) in [6, 6.07) is 18.5. The van der Waals surface area contributed by atoms with Gasteiger partial charge in [0.15, 0.2) is 0 Å². The molecular formula is C25H20ClN5O4S2. The Morgan fingerprint density at radius 1 is 0.865 bits per heavy atom. The maximum absolute atomic E-state index is 12.9. The lowest BCUT2D eigenvalue weighted by molar-refractivity contribution is 0.218. The zero-order valence-electron chi connectivity index (χ0n) is 19.5. The van der Waals surface area contributed by atoms with E-state index in [-0.39, 0.29) is 16.9 Å². The number of rotatable bonds is 10. The molecule has 1 atom stereocenters. The Balaban J connectivity index is 1.25. The molecule has 0 bridgehead atoms. The summed E-state index contributed by atoms with van der Waals surface area (Å²) in [6.07, 6.45) is 1.68. The molecule has 5 rings (SSSR count). The molecule has 0 saturated carbocycles. The van der Waals surface area contributed by atoms with Gasteiger partial charge < -0.3 is 13.6 Å². The van der Waals surface area contributed by atoms with Crippen LogP contribution in [0.1, 0.15) is 5.69 Å². The molecule has 12 heteroatoms. The summed E-state index contributed by atoms with van der Waals surface area (Å²) in [5.74, 6) is 1.61. The van der Waals surface area contributed by atoms with Crippen molar-refractivity contribution in [3.05, 3.63) is 77.6 Å². The quantitative estimate of drug-likeness (QED) is 0.161. The molecule has 5 aromatic rings. The second-order valence-corrected chi connectivity index (χ2v) is 10.5. The molecule has 9 nitrogen and oxygen atoms in total. The number of thioether (sulfide) groups is 1. The summed E-state index contributed by atoms with van der Waals surface area (Å²) < 4.78 is 29.2. The van der Waals surface area contributed by atoms with Gasteiger partial charge in [-0.15, -0.1) is 15.3 Å². The van der Waals surface area contributed by atoms with Crippen LogP contribution in [0.2, 0.25) is 5.02 Å². The van der Waals surface area contributed by atoms with Crippen molar-refractivity contribution in [3.63, 3.8) is 0 Å². The molecule has 0 aliphatic rings. The molecule has 0 radical (unpaired) electrons. The van der Waals surface area contributed by atoms with Gasteiger partial charge in [0.25, 0.3) is 5.22 Å². The maximum atomic E-state index is 12.9. The highest BCUT2D eigenvalue weighted by atomic mass is 35.5. The molecule has 37 heavy (non-hydrogen) atoms. The van der Waals surface area contributed by atoms with E-state index < -0.39 is 10.8 Å². The van der Waals surface area contributed by atoms with Crippen LogP contribution in [0, 0.1) is 0 Å². The van der Waals surface area contributed by atoms with Crippen LogP contribution in [0.3, 0.4) is 0 Å². The van der Waals surface area contributed by atoms with Gasteiger partial charge in [-0.05, 0) is 59.7 Å². The summed E-state index contributed by atoms with van der Waals surface area (Å²) in [7, 11) is 0.0995. The van der Waals surface area contributed by atoms with Crippen molar-refractivity contribution in [2.75, 3.05) is 19.5 Å². The number of pyridine rings is 1. The first kappa shape index (κ1) is 25.3. The minimum Gasteiger partial charge on any atom is -0.411 e. The lowest BCUT2D eigenvalue weighted by atomic mass is 10.0. The second-order valence-electron chi connectivity index (χ2n) is 7.70. The minimum absolute atomic E-state index is 0.0424. The molecule has 0 N–H and O–H groups in total. The number of methoxy groups -OCH3 is 1. The third-order valence-electron chi connectivity index (χ3n) is 5.17. The van der Waals surface area contributed by atoms with E-state index in [2.05, 4.69) is 25.4 Å². The Hall–Kier alpha value is -3.38. The maximum Gasteiger partial charge on any atom is 0.308 e. The summed E-state index contributed by atoms with van der Waals surface area (Å²) in [4.78, 5) is 4.36. The molecule has 0 saturated heterocycles. The highest BCUT2D eigenvalue weighted by Gasteiger charge is 2.16. The highest BCUT2D eigenvalue weighted by molar-refractivity contribution is 7.99. The van der Waals surface area contributed by atoms with Gasteiger partial charge in [0.1, 0.15) is 10.8 Å². The van der Waals surface area contributed by atoms with Gasteiger partial charge in [-0.3, -0.25) is 4.98 Å². The zero-order chi connectivity index (χ0) is 25.6. The van der Waals surface area contributed by atoms with Crippen LogP contribution in [-0.2, 0) is 21.3 Å². The van der Waals surface area contributed by atoms with Gasteiger partial charge in [0, 0.05) is 35.2 Å². The summed E-state index contributed by atoms with van der Waals surface area (Å²) in [5, 5.41) is 17.3. The van der Waals surface area contributed by atoms with Crippen LogP contribution >= 0.6 is 23.4 Å². The topological polar surface area (TPSA) is 117 Å². The summed E-state index contributed by atoms with van der Waals surface area (Å²) >= 11 is 7.37. The number of aromatic nitrogens is 5. The number of hydrogen-bond acceptors (Lipinski definition) is 10. The molecule has 0 amide bonds. The lowest BCUT2D eigenvalue weighted by Crippen LogP contribution is -1.99. The second kappa shape index (κ2) is 11.8. The van der Waals surface area contributed by atoms with Crippen molar-refractivity contribution >= 4 is 34.2 Å². The number of ether oxygens (including phenoxy) is 1. The molecule has 1 unspecified atom stereocenters. The first-order valence-electron chi connectivity index (χ1n) is 11.1. The Labute approximate surface area is 224 Å². The van der Waals surface area contributed by atoms with Crippen molar-refractivity contribution in [1.29, 1.82) is 0 Å². The fraction of sp³-hybridized carbons (Fsp3) is 0.160. The first-order valence-corrected chi connectivity index (χ1v) is 13.8. The predicted molar refractivity (Wildman–Crippen MR) is 140 cm³/mol. The van der Waals surface area contributed by atoms with E-state index in [0.717, 1.165) is 22.4 Å². The van der Waals surface area contributed by atoms with Gasteiger partial charge in [0.2, 0.25) is 11.8 Å². The smallest absolute Gasteiger partial charge is 0.308 e. The molecule has 3 heterocycles. The molecular weight excluding hydrogens is 534 g/mol. The molecule has 0 fully saturated rings. The molecule has 0 aliphatic carbocycles. The largest absolute Gasteiger partial charge is 0.411 e. The van der Waals surface area contributed by atoms with Crippen molar-refractivity contribution < 1.29 is 17.8 Å². The number of hydrogen-bond donors (Lipinski definition) is 0. The normalized spacial score (nSPS) is 12.1. The zero-order valence-corrected chi connectivity index (χ0v) is 21.9. The SMILES string of the molecule is COCCSc1nnc(-c2ccc(-c3ccnc(CS(=O)c4nnc(-c5ccc(Cl)cc5)o4)c3)cc2)o1. The van der Waals surface area contributed by atoms with Crippen LogP contribution in [0.5, 0.6) is 0 Å². The summed E-state index contributed by atoms with van der Waals surface area (Å²) in [5.41, 5.74) is 4.06. The first-order chi connectivity index (χ1) is 18.1. The van der Waals surface area contributed by atoms with Gasteiger partial charge in [0.05, 0.1) is 18.1 Å². The predicted octanol–water partition coefficient (Wildman–Crippen LogP) is 5.55. The van der Waals surface area contributed by atoms with Gasteiger partial charge in [-0.25, -0.2) is 4.21 Å². The standard InChI is InChI=1S/C25H20ClN5O4S2/c1-33-12-13-36-24-30-28-22(34-24)17-4-2-16(3-5-17)19-10-11-27-21(14-19)15-37(32)25-31-29-23(35-25)18-6-8-20(26)9-7-18/h2-11,14H,12-13,15H2,1H3. The molecule has 188 valence electrons. The Bertz CT molecular complexity index is 1510. The molecule has 0 aliphatic heterocycles. The Kier molecular flexibility index (Phi) is 8.05. The van der Waals surface area contributed by atoms with Gasteiger partial charge in [-0.1, -0.05) is 40.6 Å². The Morgan fingerprint density at radius 2 is 1.54 bits per heavy atom. The highest BCUT2D eigenvalue weighted by Crippen LogP contribution is 2.27. The van der Waals surface area contributed by atoms with Crippen molar-refractivity contribution in [2.24, 2.45) is 0 Å². The molecule has 0 spiro atoms. The number of benzene rings is 2. The third-order valence-corrected chi connectivity index (χ3v) is 7.32. The van der Waals surface area contributed by atoms with E-state index >= 15 is 0 Å². The lowest BCUT2D eigenvalue weighted by Gasteiger charge is -2.05. The Morgan fingerprint density at radius 3 is 2.30 bits per heavy atom. The summed E-state index contributed by atoms with van der Waals surface area (Å²) in [6.45, 7) is 0.609. The van der Waals surface area contributed by atoms with E-state index in [9.17, 15) is 4.21 Å². The minimum atomic E-state index is -1.55. The van der Waals surface area contributed by atoms with E-state index in [0.29, 0.717) is 34.0 Å². The fourth-order valence-electron chi connectivity index (χ4n) is 3.35. The van der Waals surface area contributed by atoms with E-state index in [4.69, 9.17) is 25.2 Å². The van der Waals surface area contributed by atoms with Crippen molar-refractivity contribution in [2.45, 2.75) is 16.2 Å². The van der Waals surface area contributed by atoms with Gasteiger partial charge >= 0.3 is 5.22 Å².